The molecule has 0 amide bonds. The van der Waals surface area contributed by atoms with Crippen LogP contribution in [0, 0.1) is 22.7 Å². The van der Waals surface area contributed by atoms with Gasteiger partial charge in [-0.3, -0.25) is 0 Å². The van der Waals surface area contributed by atoms with Crippen LogP contribution in [-0.4, -0.2) is 24.2 Å². The Morgan fingerprint density at radius 3 is 1.51 bits per heavy atom. The Morgan fingerprint density at radius 2 is 1.20 bits per heavy atom. The molecule has 2 aromatic rings. The van der Waals surface area contributed by atoms with Crippen LogP contribution in [0.2, 0.25) is 10.0 Å². The largest absolute Gasteiger partial charge is 0.478 e. The molecule has 0 saturated heterocycles. The molecular weight excluding hydrogens is 483 g/mol. The molecule has 2 aliphatic carbocycles. The third kappa shape index (κ3) is 6.59. The van der Waals surface area contributed by atoms with E-state index in [0.717, 1.165) is 17.5 Å². The van der Waals surface area contributed by atoms with Crippen molar-refractivity contribution in [3.05, 3.63) is 68.7 Å². The summed E-state index contributed by atoms with van der Waals surface area (Å²) < 4.78 is 4.69. The van der Waals surface area contributed by atoms with E-state index >= 15 is 0 Å². The number of methoxy groups -OCH3 is 1. The van der Waals surface area contributed by atoms with E-state index in [1.807, 2.05) is 12.1 Å². The number of carboxylic acids is 1. The lowest BCUT2D eigenvalue weighted by Gasteiger charge is -2.18. The first-order valence-electron chi connectivity index (χ1n) is 12.1. The Bertz CT molecular complexity index is 1110. The molecule has 2 aromatic carbocycles. The standard InChI is InChI=1S/C15H19ClO2.C14H17ClO2/c1-15(2,3)12-8-11(12)10-6-5-9(7-13(10)16)14(17)18-4;1-14(2,3)11-7-10(11)9-5-4-8(13(16)17)6-12(9)15/h5-7,11-12H,8H2,1-4H3;4-6,10-11H,7H2,1-3H3,(H,16,17)/t11-,12+;10-,11+/m00/s1. The van der Waals surface area contributed by atoms with Gasteiger partial charge >= 0.3 is 11.9 Å². The van der Waals surface area contributed by atoms with Crippen LogP contribution in [0.15, 0.2) is 36.4 Å². The molecule has 190 valence electrons. The lowest BCUT2D eigenvalue weighted by atomic mass is 9.87. The number of carbonyl (C=O) groups is 2. The van der Waals surface area contributed by atoms with Crippen molar-refractivity contribution in [1.82, 2.24) is 0 Å². The lowest BCUT2D eigenvalue weighted by Crippen LogP contribution is -2.09. The molecule has 4 atom stereocenters. The van der Waals surface area contributed by atoms with E-state index in [-0.39, 0.29) is 11.5 Å². The normalized spacial score (nSPS) is 23.1. The lowest BCUT2D eigenvalue weighted by molar-refractivity contribution is 0.0599. The highest BCUT2D eigenvalue weighted by Crippen LogP contribution is 2.58. The Kier molecular flexibility index (Phi) is 7.98. The van der Waals surface area contributed by atoms with Crippen molar-refractivity contribution >= 4 is 35.1 Å². The topological polar surface area (TPSA) is 63.6 Å². The average Bonchev–Trinajstić information content (AvgIpc) is 3.65. The SMILES string of the molecule is CC(C)(C)[C@@H]1C[C@H]1c1ccc(C(=O)O)cc1Cl.COC(=O)c1ccc([C@@H]2C[C@H]2C(C)(C)C)c(Cl)c1. The van der Waals surface area contributed by atoms with Gasteiger partial charge in [-0.2, -0.15) is 0 Å². The van der Waals surface area contributed by atoms with Gasteiger partial charge in [-0.25, -0.2) is 9.59 Å². The number of carbonyl (C=O) groups excluding carboxylic acids is 1. The molecule has 0 heterocycles. The van der Waals surface area contributed by atoms with E-state index < -0.39 is 5.97 Å². The number of hydrogen-bond donors (Lipinski definition) is 1. The number of aromatic carboxylic acids is 1. The predicted octanol–water partition coefficient (Wildman–Crippen LogP) is 8.46. The minimum absolute atomic E-state index is 0.256. The van der Waals surface area contributed by atoms with Crippen molar-refractivity contribution in [1.29, 1.82) is 0 Å². The molecule has 4 rings (SSSR count). The summed E-state index contributed by atoms with van der Waals surface area (Å²) in [4.78, 5) is 22.2. The fourth-order valence-corrected chi connectivity index (χ4v) is 5.67. The summed E-state index contributed by atoms with van der Waals surface area (Å²) in [6, 6.07) is 10.5. The Hall–Kier alpha value is -2.04. The van der Waals surface area contributed by atoms with Gasteiger partial charge in [0.25, 0.3) is 0 Å². The predicted molar refractivity (Wildman–Crippen MR) is 142 cm³/mol. The van der Waals surface area contributed by atoms with Crippen molar-refractivity contribution in [3.63, 3.8) is 0 Å². The second-order valence-corrected chi connectivity index (χ2v) is 12.7. The summed E-state index contributed by atoms with van der Waals surface area (Å²) in [6.07, 6.45) is 2.33. The molecule has 35 heavy (non-hydrogen) atoms. The van der Waals surface area contributed by atoms with Crippen molar-refractivity contribution in [2.75, 3.05) is 7.11 Å². The van der Waals surface area contributed by atoms with Gasteiger partial charge in [-0.05, 0) is 82.7 Å². The zero-order valence-corrected chi connectivity index (χ0v) is 23.1. The molecule has 0 radical (unpaired) electrons. The summed E-state index contributed by atoms with van der Waals surface area (Å²) in [5.41, 5.74) is 3.63. The second kappa shape index (κ2) is 10.1. The minimum atomic E-state index is -0.929. The Labute approximate surface area is 219 Å². The fraction of sp³-hybridized carbons (Fsp3) is 0.517. The van der Waals surface area contributed by atoms with Crippen LogP contribution in [-0.2, 0) is 4.74 Å². The molecule has 0 spiro atoms. The van der Waals surface area contributed by atoms with Gasteiger partial charge in [0.2, 0.25) is 0 Å². The third-order valence-corrected chi connectivity index (χ3v) is 7.93. The summed E-state index contributed by atoms with van der Waals surface area (Å²) in [5.74, 6) is 1.08. The maximum Gasteiger partial charge on any atom is 0.337 e. The highest BCUT2D eigenvalue weighted by atomic mass is 35.5. The van der Waals surface area contributed by atoms with Crippen molar-refractivity contribution < 1.29 is 19.4 Å². The van der Waals surface area contributed by atoms with E-state index in [1.165, 1.54) is 13.5 Å². The zero-order valence-electron chi connectivity index (χ0n) is 21.6. The van der Waals surface area contributed by atoms with Crippen LogP contribution >= 0.6 is 23.2 Å². The van der Waals surface area contributed by atoms with Gasteiger partial charge in [0.1, 0.15) is 0 Å². The van der Waals surface area contributed by atoms with Gasteiger partial charge in [0.05, 0.1) is 18.2 Å². The number of rotatable bonds is 4. The number of hydrogen-bond acceptors (Lipinski definition) is 3. The van der Waals surface area contributed by atoms with Crippen LogP contribution in [0.3, 0.4) is 0 Å². The van der Waals surface area contributed by atoms with Crippen molar-refractivity contribution in [2.24, 2.45) is 22.7 Å². The van der Waals surface area contributed by atoms with E-state index in [0.29, 0.717) is 50.1 Å². The van der Waals surface area contributed by atoms with Crippen LogP contribution in [0.4, 0.5) is 0 Å². The fourth-order valence-electron chi connectivity index (χ4n) is 5.03. The van der Waals surface area contributed by atoms with Crippen LogP contribution in [0.1, 0.15) is 98.1 Å². The van der Waals surface area contributed by atoms with E-state index in [2.05, 4.69) is 46.3 Å². The Balaban J connectivity index is 0.000000196. The number of halogens is 2. The molecule has 2 saturated carbocycles. The second-order valence-electron chi connectivity index (χ2n) is 11.9. The smallest absolute Gasteiger partial charge is 0.337 e. The zero-order chi connectivity index (χ0) is 26.3. The van der Waals surface area contributed by atoms with E-state index in [9.17, 15) is 9.59 Å². The molecule has 0 bridgehead atoms. The number of carboxylic acid groups (broad SMARTS) is 1. The molecule has 1 N–H and O–H groups in total. The maximum atomic E-state index is 11.4. The first kappa shape index (κ1) is 27.5. The highest BCUT2D eigenvalue weighted by molar-refractivity contribution is 6.32. The first-order chi connectivity index (χ1) is 16.1. The van der Waals surface area contributed by atoms with Crippen molar-refractivity contribution in [3.8, 4) is 0 Å². The number of benzene rings is 2. The van der Waals surface area contributed by atoms with Gasteiger partial charge in [-0.15, -0.1) is 0 Å². The van der Waals surface area contributed by atoms with E-state index in [1.54, 1.807) is 24.3 Å². The highest BCUT2D eigenvalue weighted by Gasteiger charge is 2.47. The van der Waals surface area contributed by atoms with Crippen LogP contribution in [0.25, 0.3) is 0 Å². The number of ether oxygens (including phenoxy) is 1. The van der Waals surface area contributed by atoms with Crippen LogP contribution in [0.5, 0.6) is 0 Å². The molecule has 0 aliphatic heterocycles. The van der Waals surface area contributed by atoms with Crippen molar-refractivity contribution in [2.45, 2.75) is 66.2 Å². The molecule has 2 aliphatic rings. The molecule has 0 unspecified atom stereocenters. The molecule has 4 nitrogen and oxygen atoms in total. The summed E-state index contributed by atoms with van der Waals surface area (Å²) in [6.45, 7) is 13.5. The molecule has 2 fully saturated rings. The van der Waals surface area contributed by atoms with Crippen LogP contribution < -0.4 is 0 Å². The molecule has 0 aromatic heterocycles. The third-order valence-electron chi connectivity index (χ3n) is 7.27. The summed E-state index contributed by atoms with van der Waals surface area (Å²) in [5, 5.41) is 10.1. The first-order valence-corrected chi connectivity index (χ1v) is 12.8. The van der Waals surface area contributed by atoms with Gasteiger partial charge < -0.3 is 9.84 Å². The molecular formula is C29H36Cl2O4. The monoisotopic (exact) mass is 518 g/mol. The molecule has 6 heteroatoms. The summed E-state index contributed by atoms with van der Waals surface area (Å²) >= 11 is 12.4. The van der Waals surface area contributed by atoms with Gasteiger partial charge in [0.15, 0.2) is 0 Å². The summed E-state index contributed by atoms with van der Waals surface area (Å²) in [7, 11) is 1.38. The number of esters is 1. The van der Waals surface area contributed by atoms with E-state index in [4.69, 9.17) is 28.3 Å². The Morgan fingerprint density at radius 1 is 0.800 bits per heavy atom. The minimum Gasteiger partial charge on any atom is -0.478 e. The average molecular weight is 520 g/mol. The van der Waals surface area contributed by atoms with Gasteiger partial charge in [0, 0.05) is 10.0 Å². The van der Waals surface area contributed by atoms with Gasteiger partial charge in [-0.1, -0.05) is 76.9 Å². The maximum absolute atomic E-state index is 11.4. The quantitative estimate of drug-likeness (QED) is 0.412.